The van der Waals surface area contributed by atoms with Gasteiger partial charge in [0, 0.05) is 12.1 Å². The third kappa shape index (κ3) is 2.79. The maximum atomic E-state index is 11.5. The number of rotatable bonds is 3. The van der Waals surface area contributed by atoms with E-state index in [9.17, 15) is 4.79 Å². The molecule has 0 unspecified atom stereocenters. The van der Waals surface area contributed by atoms with E-state index in [1.807, 2.05) is 13.8 Å². The van der Waals surface area contributed by atoms with Crippen LogP contribution in [0.3, 0.4) is 0 Å². The number of nitrogens with one attached hydrogen (secondary N) is 1. The molecule has 0 radical (unpaired) electrons. The van der Waals surface area contributed by atoms with Crippen LogP contribution in [0.4, 0.5) is 0 Å². The Morgan fingerprint density at radius 3 is 2.53 bits per heavy atom. The molecule has 0 aliphatic carbocycles. The molecule has 15 heavy (non-hydrogen) atoms. The van der Waals surface area contributed by atoms with Crippen LogP contribution in [0.5, 0.6) is 0 Å². The van der Waals surface area contributed by atoms with Crippen molar-refractivity contribution in [1.29, 1.82) is 0 Å². The second-order valence-corrected chi connectivity index (χ2v) is 4.21. The van der Waals surface area contributed by atoms with Gasteiger partial charge in [-0.2, -0.15) is 0 Å². The molecule has 0 saturated heterocycles. The molecule has 1 amide bonds. The Morgan fingerprint density at radius 2 is 2.13 bits per heavy atom. The molecule has 1 aromatic rings. The van der Waals surface area contributed by atoms with Crippen LogP contribution in [0.2, 0.25) is 0 Å². The fraction of sp³-hybridized carbons (Fsp3) is 0.600. The van der Waals surface area contributed by atoms with Crippen LogP contribution in [0, 0.1) is 13.8 Å². The average molecular weight is 211 g/mol. The number of amides is 1. The highest BCUT2D eigenvalue weighted by atomic mass is 16.5. The van der Waals surface area contributed by atoms with Crippen molar-refractivity contribution in [2.75, 3.05) is 0 Å². The topological polar surface area (TPSA) is 81.2 Å². The minimum absolute atomic E-state index is 0.192. The second kappa shape index (κ2) is 4.02. The Bertz CT molecular complexity index is 344. The summed E-state index contributed by atoms with van der Waals surface area (Å²) in [6.07, 6.45) is 0. The Morgan fingerprint density at radius 1 is 1.53 bits per heavy atom. The molecule has 5 heteroatoms. The zero-order valence-electron chi connectivity index (χ0n) is 9.55. The first-order valence-corrected chi connectivity index (χ1v) is 4.81. The van der Waals surface area contributed by atoms with E-state index in [0.29, 0.717) is 6.54 Å². The van der Waals surface area contributed by atoms with Gasteiger partial charge in [-0.05, 0) is 27.7 Å². The summed E-state index contributed by atoms with van der Waals surface area (Å²) in [6, 6.07) is 0. The first-order chi connectivity index (χ1) is 6.82. The highest BCUT2D eigenvalue weighted by molar-refractivity contribution is 5.85. The monoisotopic (exact) mass is 211 g/mol. The molecule has 0 aliphatic rings. The zero-order chi connectivity index (χ0) is 11.6. The van der Waals surface area contributed by atoms with Crippen LogP contribution in [0.25, 0.3) is 0 Å². The summed E-state index contributed by atoms with van der Waals surface area (Å²) in [5.41, 5.74) is 6.49. The van der Waals surface area contributed by atoms with Crippen molar-refractivity contribution in [1.82, 2.24) is 10.5 Å². The van der Waals surface area contributed by atoms with Crippen molar-refractivity contribution in [3.05, 3.63) is 17.0 Å². The van der Waals surface area contributed by atoms with Crippen LogP contribution in [-0.4, -0.2) is 16.6 Å². The molecule has 1 rings (SSSR count). The Labute approximate surface area is 89.0 Å². The zero-order valence-corrected chi connectivity index (χ0v) is 9.55. The van der Waals surface area contributed by atoms with Gasteiger partial charge in [-0.25, -0.2) is 0 Å². The fourth-order valence-electron chi connectivity index (χ4n) is 1.15. The van der Waals surface area contributed by atoms with Crippen molar-refractivity contribution in [3.63, 3.8) is 0 Å². The van der Waals surface area contributed by atoms with Gasteiger partial charge in [-0.15, -0.1) is 0 Å². The van der Waals surface area contributed by atoms with E-state index in [-0.39, 0.29) is 5.91 Å². The number of nitrogens with zero attached hydrogens (tertiary/aromatic N) is 1. The molecule has 0 aliphatic heterocycles. The average Bonchev–Trinajstić information content (AvgIpc) is 2.41. The van der Waals surface area contributed by atoms with Crippen LogP contribution in [-0.2, 0) is 11.3 Å². The van der Waals surface area contributed by atoms with E-state index >= 15 is 0 Å². The first kappa shape index (κ1) is 11.7. The van der Waals surface area contributed by atoms with Crippen LogP contribution < -0.4 is 11.1 Å². The number of hydrogen-bond donors (Lipinski definition) is 2. The summed E-state index contributed by atoms with van der Waals surface area (Å²) in [4.78, 5) is 11.5. The SMILES string of the molecule is Cc1noc(C)c1CNC(=O)C(C)(C)N. The van der Waals surface area contributed by atoms with Crippen molar-refractivity contribution in [2.45, 2.75) is 39.8 Å². The van der Waals surface area contributed by atoms with Crippen molar-refractivity contribution < 1.29 is 9.32 Å². The van der Waals surface area contributed by atoms with Crippen LogP contribution in [0.1, 0.15) is 30.9 Å². The van der Waals surface area contributed by atoms with Crippen LogP contribution in [0.15, 0.2) is 4.52 Å². The third-order valence-corrected chi connectivity index (χ3v) is 2.19. The molecule has 0 saturated carbocycles. The summed E-state index contributed by atoms with van der Waals surface area (Å²) in [5.74, 6) is 0.533. The van der Waals surface area contributed by atoms with Gasteiger partial charge in [-0.1, -0.05) is 5.16 Å². The van der Waals surface area contributed by atoms with Crippen molar-refractivity contribution in [2.24, 2.45) is 5.73 Å². The summed E-state index contributed by atoms with van der Waals surface area (Å²) < 4.78 is 4.98. The van der Waals surface area contributed by atoms with Gasteiger partial charge in [0.25, 0.3) is 0 Å². The normalized spacial score (nSPS) is 11.5. The van der Waals surface area contributed by atoms with E-state index in [1.165, 1.54) is 0 Å². The van der Waals surface area contributed by atoms with E-state index in [4.69, 9.17) is 10.3 Å². The molecule has 3 N–H and O–H groups in total. The molecule has 5 nitrogen and oxygen atoms in total. The minimum atomic E-state index is -0.862. The molecule has 0 spiro atoms. The number of aromatic nitrogens is 1. The standard InChI is InChI=1S/C10H17N3O2/c1-6-8(7(2)15-13-6)5-12-9(14)10(3,4)11/h5,11H2,1-4H3,(H,12,14). The minimum Gasteiger partial charge on any atom is -0.361 e. The van der Waals surface area contributed by atoms with E-state index in [0.717, 1.165) is 17.0 Å². The summed E-state index contributed by atoms with van der Waals surface area (Å²) in [6.45, 7) is 7.38. The maximum absolute atomic E-state index is 11.5. The molecule has 0 atom stereocenters. The summed E-state index contributed by atoms with van der Waals surface area (Å²) in [7, 11) is 0. The Kier molecular flexibility index (Phi) is 3.14. The number of hydrogen-bond acceptors (Lipinski definition) is 4. The molecule has 0 aromatic carbocycles. The highest BCUT2D eigenvalue weighted by Crippen LogP contribution is 2.11. The van der Waals surface area contributed by atoms with E-state index < -0.39 is 5.54 Å². The lowest BCUT2D eigenvalue weighted by molar-refractivity contribution is -0.125. The molecular weight excluding hydrogens is 194 g/mol. The highest BCUT2D eigenvalue weighted by Gasteiger charge is 2.22. The third-order valence-electron chi connectivity index (χ3n) is 2.19. The van der Waals surface area contributed by atoms with Gasteiger partial charge in [-0.3, -0.25) is 4.79 Å². The lowest BCUT2D eigenvalue weighted by Gasteiger charge is -2.17. The summed E-state index contributed by atoms with van der Waals surface area (Å²) in [5, 5.41) is 6.54. The van der Waals surface area contributed by atoms with E-state index in [2.05, 4.69) is 10.5 Å². The molecular formula is C10H17N3O2. The number of aryl methyl sites for hydroxylation is 2. The van der Waals surface area contributed by atoms with E-state index in [1.54, 1.807) is 13.8 Å². The molecule has 0 fully saturated rings. The molecule has 0 bridgehead atoms. The smallest absolute Gasteiger partial charge is 0.239 e. The van der Waals surface area contributed by atoms with Gasteiger partial charge in [0.15, 0.2) is 0 Å². The second-order valence-electron chi connectivity index (χ2n) is 4.21. The van der Waals surface area contributed by atoms with Gasteiger partial charge in [0.05, 0.1) is 11.2 Å². The van der Waals surface area contributed by atoms with Gasteiger partial charge < -0.3 is 15.6 Å². The predicted molar refractivity (Wildman–Crippen MR) is 56.1 cm³/mol. The van der Waals surface area contributed by atoms with Gasteiger partial charge in [0.2, 0.25) is 5.91 Å². The largest absolute Gasteiger partial charge is 0.361 e. The molecule has 84 valence electrons. The maximum Gasteiger partial charge on any atom is 0.239 e. The first-order valence-electron chi connectivity index (χ1n) is 4.81. The van der Waals surface area contributed by atoms with Gasteiger partial charge >= 0.3 is 0 Å². The lowest BCUT2D eigenvalue weighted by Crippen LogP contribution is -2.48. The van der Waals surface area contributed by atoms with Crippen molar-refractivity contribution in [3.8, 4) is 0 Å². The lowest BCUT2D eigenvalue weighted by atomic mass is 10.1. The molecule has 1 aromatic heterocycles. The van der Waals surface area contributed by atoms with Crippen molar-refractivity contribution >= 4 is 5.91 Å². The van der Waals surface area contributed by atoms with Crippen LogP contribution >= 0.6 is 0 Å². The quantitative estimate of drug-likeness (QED) is 0.769. The number of nitrogens with two attached hydrogens (primary N) is 1. The predicted octanol–water partition coefficient (Wildman–Crippen LogP) is 0.645. The Hall–Kier alpha value is -1.36. The molecule has 1 heterocycles. The number of carbonyl (C=O) groups excluding carboxylic acids is 1. The van der Waals surface area contributed by atoms with Gasteiger partial charge in [0.1, 0.15) is 5.76 Å². The Balaban J connectivity index is 2.62. The number of carbonyl (C=O) groups is 1. The summed E-state index contributed by atoms with van der Waals surface area (Å²) >= 11 is 0. The fourth-order valence-corrected chi connectivity index (χ4v) is 1.15.